The normalized spacial score (nSPS) is 16.3. The number of nitrogens with zero attached hydrogens (tertiary/aromatic N) is 1. The highest BCUT2D eigenvalue weighted by Gasteiger charge is 2.24. The van der Waals surface area contributed by atoms with Gasteiger partial charge in [0.2, 0.25) is 0 Å². The van der Waals surface area contributed by atoms with Crippen molar-refractivity contribution in [3.8, 4) is 5.75 Å². The lowest BCUT2D eigenvalue weighted by atomic mass is 10.1. The van der Waals surface area contributed by atoms with Crippen LogP contribution in [0.2, 0.25) is 0 Å². The minimum atomic E-state index is -0.383. The van der Waals surface area contributed by atoms with Gasteiger partial charge in [-0.05, 0) is 36.1 Å². The molecule has 0 bridgehead atoms. The molecule has 21 heavy (non-hydrogen) atoms. The molecule has 2 aromatic rings. The Labute approximate surface area is 122 Å². The molecule has 5 heteroatoms. The van der Waals surface area contributed by atoms with Crippen LogP contribution in [0, 0.1) is 10.1 Å². The van der Waals surface area contributed by atoms with Crippen LogP contribution in [0.25, 0.3) is 0 Å². The maximum Gasteiger partial charge on any atom is 0.296 e. The van der Waals surface area contributed by atoms with Gasteiger partial charge >= 0.3 is 0 Å². The van der Waals surface area contributed by atoms with Crippen LogP contribution in [-0.2, 0) is 6.42 Å². The fourth-order valence-corrected chi connectivity index (χ4v) is 2.81. The van der Waals surface area contributed by atoms with Crippen LogP contribution < -0.4 is 10.1 Å². The highest BCUT2D eigenvalue weighted by atomic mass is 16.6. The average molecular weight is 284 g/mol. The molecular formula is C16H16N2O3. The molecule has 0 amide bonds. The van der Waals surface area contributed by atoms with Crippen molar-refractivity contribution in [2.45, 2.75) is 18.9 Å². The summed E-state index contributed by atoms with van der Waals surface area (Å²) in [4.78, 5) is 10.8. The number of nitro benzene ring substituents is 1. The fraction of sp³-hybridized carbons (Fsp3) is 0.250. The number of rotatable bonds is 4. The van der Waals surface area contributed by atoms with E-state index in [1.807, 2.05) is 12.1 Å². The topological polar surface area (TPSA) is 64.4 Å². The van der Waals surface area contributed by atoms with Crippen LogP contribution in [0.15, 0.2) is 42.5 Å². The van der Waals surface area contributed by atoms with Crippen molar-refractivity contribution in [2.24, 2.45) is 0 Å². The third kappa shape index (κ3) is 2.54. The van der Waals surface area contributed by atoms with Crippen molar-refractivity contribution in [3.63, 3.8) is 0 Å². The lowest BCUT2D eigenvalue weighted by molar-refractivity contribution is -0.384. The van der Waals surface area contributed by atoms with Crippen molar-refractivity contribution >= 4 is 11.4 Å². The lowest BCUT2D eigenvalue weighted by Gasteiger charge is -2.16. The number of nitro groups is 1. The van der Waals surface area contributed by atoms with E-state index in [2.05, 4.69) is 17.4 Å². The SMILES string of the molecule is COc1ccc(NC2CCc3ccccc32)c([N+](=O)[O-])c1. The molecule has 0 aromatic heterocycles. The first kappa shape index (κ1) is 13.4. The number of hydrogen-bond donors (Lipinski definition) is 1. The van der Waals surface area contributed by atoms with Crippen molar-refractivity contribution in [3.05, 3.63) is 63.7 Å². The van der Waals surface area contributed by atoms with Gasteiger partial charge in [0, 0.05) is 0 Å². The molecule has 1 atom stereocenters. The minimum absolute atomic E-state index is 0.0405. The Morgan fingerprint density at radius 1 is 1.29 bits per heavy atom. The van der Waals surface area contributed by atoms with Gasteiger partial charge in [-0.25, -0.2) is 0 Å². The smallest absolute Gasteiger partial charge is 0.296 e. The summed E-state index contributed by atoms with van der Waals surface area (Å²) in [5, 5.41) is 14.5. The number of benzene rings is 2. The summed E-state index contributed by atoms with van der Waals surface area (Å²) in [7, 11) is 1.50. The number of ether oxygens (including phenoxy) is 1. The largest absolute Gasteiger partial charge is 0.496 e. The van der Waals surface area contributed by atoms with Gasteiger partial charge in [-0.2, -0.15) is 0 Å². The zero-order chi connectivity index (χ0) is 14.8. The molecule has 108 valence electrons. The van der Waals surface area contributed by atoms with E-state index in [4.69, 9.17) is 4.74 Å². The van der Waals surface area contributed by atoms with Crippen molar-refractivity contribution in [1.29, 1.82) is 0 Å². The molecule has 0 aliphatic heterocycles. The zero-order valence-corrected chi connectivity index (χ0v) is 11.7. The van der Waals surface area contributed by atoms with Crippen molar-refractivity contribution < 1.29 is 9.66 Å². The molecule has 0 fully saturated rings. The molecule has 0 saturated carbocycles. The molecular weight excluding hydrogens is 268 g/mol. The summed E-state index contributed by atoms with van der Waals surface area (Å²) in [6, 6.07) is 13.2. The zero-order valence-electron chi connectivity index (χ0n) is 11.7. The first-order valence-electron chi connectivity index (χ1n) is 6.86. The summed E-state index contributed by atoms with van der Waals surface area (Å²) >= 11 is 0. The minimum Gasteiger partial charge on any atom is -0.496 e. The standard InChI is InChI=1S/C16H16N2O3/c1-21-12-7-9-15(16(10-12)18(19)20)17-14-8-6-11-4-2-3-5-13(11)14/h2-5,7,9-10,14,17H,6,8H2,1H3. The molecule has 5 nitrogen and oxygen atoms in total. The summed E-state index contributed by atoms with van der Waals surface area (Å²) in [6.45, 7) is 0. The second kappa shape index (κ2) is 5.44. The predicted molar refractivity (Wildman–Crippen MR) is 80.8 cm³/mol. The Bertz CT molecular complexity index is 685. The maximum atomic E-state index is 11.2. The lowest BCUT2D eigenvalue weighted by Crippen LogP contribution is -2.08. The predicted octanol–water partition coefficient (Wildman–Crippen LogP) is 3.70. The summed E-state index contributed by atoms with van der Waals surface area (Å²) in [5.41, 5.74) is 3.11. The average Bonchev–Trinajstić information content (AvgIpc) is 2.91. The highest BCUT2D eigenvalue weighted by Crippen LogP contribution is 2.37. The van der Waals surface area contributed by atoms with Gasteiger partial charge in [-0.15, -0.1) is 0 Å². The third-order valence-corrected chi connectivity index (χ3v) is 3.86. The number of hydrogen-bond acceptors (Lipinski definition) is 4. The first-order chi connectivity index (χ1) is 10.2. The Kier molecular flexibility index (Phi) is 3.48. The van der Waals surface area contributed by atoms with Crippen molar-refractivity contribution in [2.75, 3.05) is 12.4 Å². The number of aryl methyl sites for hydroxylation is 1. The van der Waals surface area contributed by atoms with E-state index in [0.29, 0.717) is 11.4 Å². The van der Waals surface area contributed by atoms with E-state index in [1.165, 1.54) is 24.3 Å². The van der Waals surface area contributed by atoms with E-state index < -0.39 is 0 Å². The van der Waals surface area contributed by atoms with E-state index in [-0.39, 0.29) is 16.7 Å². The van der Waals surface area contributed by atoms with E-state index in [1.54, 1.807) is 12.1 Å². The second-order valence-electron chi connectivity index (χ2n) is 5.07. The number of methoxy groups -OCH3 is 1. The molecule has 0 heterocycles. The van der Waals surface area contributed by atoms with Gasteiger partial charge in [0.1, 0.15) is 11.4 Å². The molecule has 1 N–H and O–H groups in total. The Hall–Kier alpha value is -2.56. The number of anilines is 1. The molecule has 1 aliphatic carbocycles. The van der Waals surface area contributed by atoms with Gasteiger partial charge in [0.25, 0.3) is 5.69 Å². The number of fused-ring (bicyclic) bond motifs is 1. The Balaban J connectivity index is 1.91. The Morgan fingerprint density at radius 2 is 2.10 bits per heavy atom. The van der Waals surface area contributed by atoms with Crippen LogP contribution in [0.1, 0.15) is 23.6 Å². The highest BCUT2D eigenvalue weighted by molar-refractivity contribution is 5.65. The first-order valence-corrected chi connectivity index (χ1v) is 6.86. The summed E-state index contributed by atoms with van der Waals surface area (Å²) < 4.78 is 5.05. The van der Waals surface area contributed by atoms with Gasteiger partial charge < -0.3 is 10.1 Å². The molecule has 0 saturated heterocycles. The third-order valence-electron chi connectivity index (χ3n) is 3.86. The van der Waals surface area contributed by atoms with Crippen molar-refractivity contribution in [1.82, 2.24) is 0 Å². The monoisotopic (exact) mass is 284 g/mol. The van der Waals surface area contributed by atoms with Gasteiger partial charge in [0.15, 0.2) is 0 Å². The van der Waals surface area contributed by atoms with Crippen LogP contribution in [0.5, 0.6) is 5.75 Å². The second-order valence-corrected chi connectivity index (χ2v) is 5.07. The fourth-order valence-electron chi connectivity index (χ4n) is 2.81. The van der Waals surface area contributed by atoms with Gasteiger partial charge in [-0.3, -0.25) is 10.1 Å². The van der Waals surface area contributed by atoms with Crippen LogP contribution in [0.3, 0.4) is 0 Å². The maximum absolute atomic E-state index is 11.2. The quantitative estimate of drug-likeness (QED) is 0.686. The van der Waals surface area contributed by atoms with E-state index in [0.717, 1.165) is 12.8 Å². The van der Waals surface area contributed by atoms with Crippen LogP contribution >= 0.6 is 0 Å². The van der Waals surface area contributed by atoms with E-state index >= 15 is 0 Å². The molecule has 3 rings (SSSR count). The van der Waals surface area contributed by atoms with Gasteiger partial charge in [-0.1, -0.05) is 24.3 Å². The molecule has 1 aliphatic rings. The number of nitrogens with one attached hydrogen (secondary N) is 1. The molecule has 0 radical (unpaired) electrons. The van der Waals surface area contributed by atoms with Crippen LogP contribution in [-0.4, -0.2) is 12.0 Å². The molecule has 1 unspecified atom stereocenters. The molecule has 2 aromatic carbocycles. The summed E-state index contributed by atoms with van der Waals surface area (Å²) in [5.74, 6) is 0.485. The van der Waals surface area contributed by atoms with E-state index in [9.17, 15) is 10.1 Å². The van der Waals surface area contributed by atoms with Crippen LogP contribution in [0.4, 0.5) is 11.4 Å². The molecule has 0 spiro atoms. The Morgan fingerprint density at radius 3 is 2.86 bits per heavy atom. The van der Waals surface area contributed by atoms with Gasteiger partial charge in [0.05, 0.1) is 24.1 Å². The summed E-state index contributed by atoms with van der Waals surface area (Å²) in [6.07, 6.45) is 1.94.